The molecule has 1 aliphatic carbocycles. The number of imidazole rings is 1. The Bertz CT molecular complexity index is 1790. The quantitative estimate of drug-likeness (QED) is 0.158. The van der Waals surface area contributed by atoms with Crippen molar-refractivity contribution in [2.75, 3.05) is 23.9 Å². The first-order chi connectivity index (χ1) is 21.6. The number of hydrogen-bond acceptors (Lipinski definition) is 6. The predicted octanol–water partition coefficient (Wildman–Crippen LogP) is 6.94. The highest BCUT2D eigenvalue weighted by Gasteiger charge is 2.68. The lowest BCUT2D eigenvalue weighted by Crippen LogP contribution is -2.40. The zero-order chi connectivity index (χ0) is 33.4. The topological polar surface area (TPSA) is 110 Å². The number of ether oxygens (including phenoxy) is 1. The molecule has 2 amide bonds. The SMILES string of the molecule is Cn1c(Nc2cc(CNC(=O)C3(C(F)(F)F)CC3)ccc2Cl)nc2cc(C(=O)Nc3ccc(C(F)(F)F)cc3)c(OCCF)nc21. The van der Waals surface area contributed by atoms with Crippen LogP contribution < -0.4 is 20.7 Å². The first-order valence-electron chi connectivity index (χ1n) is 13.6. The lowest BCUT2D eigenvalue weighted by atomic mass is 10.1. The zero-order valence-corrected chi connectivity index (χ0v) is 24.5. The van der Waals surface area contributed by atoms with Gasteiger partial charge in [-0.25, -0.2) is 9.37 Å². The molecule has 0 bridgehead atoms. The number of carbonyl (C=O) groups excluding carboxylic acids is 2. The molecule has 0 saturated heterocycles. The fraction of sp³-hybridized carbons (Fsp3) is 0.310. The Hall–Kier alpha value is -4.60. The third-order valence-corrected chi connectivity index (χ3v) is 7.63. The average Bonchev–Trinajstić information content (AvgIpc) is 3.77. The molecule has 9 nitrogen and oxygen atoms in total. The van der Waals surface area contributed by atoms with E-state index in [2.05, 4.69) is 25.9 Å². The smallest absolute Gasteiger partial charge is 0.416 e. The molecule has 1 fully saturated rings. The van der Waals surface area contributed by atoms with E-state index < -0.39 is 48.4 Å². The molecule has 0 unspecified atom stereocenters. The van der Waals surface area contributed by atoms with Crippen LogP contribution in [-0.2, 0) is 24.6 Å². The molecular formula is C29H24ClF7N6O3. The molecule has 244 valence electrons. The van der Waals surface area contributed by atoms with Crippen LogP contribution in [0.25, 0.3) is 11.2 Å². The molecule has 0 atom stereocenters. The average molecular weight is 673 g/mol. The van der Waals surface area contributed by atoms with Crippen LogP contribution in [-0.4, -0.2) is 45.8 Å². The summed E-state index contributed by atoms with van der Waals surface area (Å²) < 4.78 is 98.3. The van der Waals surface area contributed by atoms with Gasteiger partial charge >= 0.3 is 12.4 Å². The number of benzene rings is 2. The number of hydrogen-bond donors (Lipinski definition) is 3. The molecule has 0 aliphatic heterocycles. The number of aromatic nitrogens is 3. The molecule has 5 rings (SSSR count). The maximum absolute atomic E-state index is 13.3. The Morgan fingerprint density at radius 2 is 1.72 bits per heavy atom. The second-order valence-corrected chi connectivity index (χ2v) is 10.9. The number of aryl methyl sites for hydroxylation is 1. The second-order valence-electron chi connectivity index (χ2n) is 10.4. The first-order valence-corrected chi connectivity index (χ1v) is 14.0. The summed E-state index contributed by atoms with van der Waals surface area (Å²) in [4.78, 5) is 34.1. The molecule has 3 N–H and O–H groups in total. The molecule has 2 aromatic heterocycles. The summed E-state index contributed by atoms with van der Waals surface area (Å²) in [7, 11) is 1.57. The van der Waals surface area contributed by atoms with Crippen LogP contribution in [0.3, 0.4) is 0 Å². The van der Waals surface area contributed by atoms with Crippen molar-refractivity contribution in [1.29, 1.82) is 0 Å². The van der Waals surface area contributed by atoms with Gasteiger partial charge in [0.25, 0.3) is 5.91 Å². The van der Waals surface area contributed by atoms with E-state index in [0.717, 1.165) is 24.3 Å². The van der Waals surface area contributed by atoms with Crippen molar-refractivity contribution in [2.24, 2.45) is 12.5 Å². The van der Waals surface area contributed by atoms with Crippen molar-refractivity contribution in [2.45, 2.75) is 31.7 Å². The van der Waals surface area contributed by atoms with Gasteiger partial charge in [-0.3, -0.25) is 14.2 Å². The van der Waals surface area contributed by atoms with E-state index in [9.17, 15) is 40.3 Å². The molecule has 46 heavy (non-hydrogen) atoms. The van der Waals surface area contributed by atoms with E-state index in [1.54, 1.807) is 7.05 Å². The van der Waals surface area contributed by atoms with Gasteiger partial charge in [-0.15, -0.1) is 0 Å². The minimum absolute atomic E-state index is 0.0503. The van der Waals surface area contributed by atoms with Crippen LogP contribution in [0.2, 0.25) is 5.02 Å². The van der Waals surface area contributed by atoms with Gasteiger partial charge in [-0.2, -0.15) is 31.3 Å². The van der Waals surface area contributed by atoms with Crippen LogP contribution >= 0.6 is 11.6 Å². The highest BCUT2D eigenvalue weighted by molar-refractivity contribution is 6.33. The predicted molar refractivity (Wildman–Crippen MR) is 154 cm³/mol. The van der Waals surface area contributed by atoms with Crippen molar-refractivity contribution < 1.29 is 45.1 Å². The summed E-state index contributed by atoms with van der Waals surface area (Å²) in [6.45, 7) is -1.53. The van der Waals surface area contributed by atoms with Crippen LogP contribution in [0.15, 0.2) is 48.5 Å². The normalized spacial score (nSPS) is 14.2. The van der Waals surface area contributed by atoms with Crippen LogP contribution in [0.5, 0.6) is 5.88 Å². The standard InChI is InChI=1S/C29H24ClF7N6O3/c1-43-22-21(13-18(24(42-22)46-11-10-31)23(44)39-17-5-3-16(4-6-17)28(32,33)34)41-26(43)40-20-12-15(2-7-19(20)30)14-38-25(45)27(8-9-27)29(35,36)37/h2-7,12-13H,8-11,14H2,1H3,(H,38,45)(H,39,44)(H,40,41). The summed E-state index contributed by atoms with van der Waals surface area (Å²) in [5.41, 5.74) is -2.28. The van der Waals surface area contributed by atoms with Gasteiger partial charge < -0.3 is 20.7 Å². The van der Waals surface area contributed by atoms with Gasteiger partial charge in [0.05, 0.1) is 16.3 Å². The summed E-state index contributed by atoms with van der Waals surface area (Å²) in [6.07, 6.45) is -9.74. The molecule has 4 aromatic rings. The highest BCUT2D eigenvalue weighted by Crippen LogP contribution is 2.57. The molecule has 2 aromatic carbocycles. The fourth-order valence-corrected chi connectivity index (χ4v) is 4.74. The fourth-order valence-electron chi connectivity index (χ4n) is 4.57. The van der Waals surface area contributed by atoms with E-state index >= 15 is 0 Å². The van der Waals surface area contributed by atoms with Crippen molar-refractivity contribution in [3.05, 3.63) is 70.2 Å². The van der Waals surface area contributed by atoms with Crippen LogP contribution in [0, 0.1) is 5.41 Å². The highest BCUT2D eigenvalue weighted by atomic mass is 35.5. The lowest BCUT2D eigenvalue weighted by Gasteiger charge is -2.18. The summed E-state index contributed by atoms with van der Waals surface area (Å²) in [6, 6.07) is 9.58. The van der Waals surface area contributed by atoms with Crippen LogP contribution in [0.1, 0.15) is 34.3 Å². The van der Waals surface area contributed by atoms with E-state index in [4.69, 9.17) is 16.3 Å². The largest absolute Gasteiger partial charge is 0.474 e. The molecule has 1 saturated carbocycles. The zero-order valence-electron chi connectivity index (χ0n) is 23.7. The monoisotopic (exact) mass is 672 g/mol. The van der Waals surface area contributed by atoms with Crippen molar-refractivity contribution in [1.82, 2.24) is 19.9 Å². The maximum Gasteiger partial charge on any atom is 0.416 e. The lowest BCUT2D eigenvalue weighted by molar-refractivity contribution is -0.192. The van der Waals surface area contributed by atoms with E-state index in [1.165, 1.54) is 28.8 Å². The maximum atomic E-state index is 13.3. The molecule has 2 heterocycles. The van der Waals surface area contributed by atoms with E-state index in [1.807, 2.05) is 0 Å². The molecule has 17 heteroatoms. The Labute approximate surface area is 261 Å². The number of anilines is 3. The Morgan fingerprint density at radius 3 is 2.33 bits per heavy atom. The number of halogens is 8. The number of nitrogens with one attached hydrogen (secondary N) is 3. The van der Waals surface area contributed by atoms with Gasteiger partial charge in [0, 0.05) is 19.3 Å². The van der Waals surface area contributed by atoms with Crippen molar-refractivity contribution in [3.63, 3.8) is 0 Å². The number of alkyl halides is 7. The number of carbonyl (C=O) groups is 2. The Balaban J connectivity index is 1.38. The summed E-state index contributed by atoms with van der Waals surface area (Å²) >= 11 is 6.34. The number of nitrogens with zero attached hydrogens (tertiary/aromatic N) is 3. The molecule has 1 aliphatic rings. The number of rotatable bonds is 10. The summed E-state index contributed by atoms with van der Waals surface area (Å²) in [5, 5.41) is 7.99. The Morgan fingerprint density at radius 1 is 1.02 bits per heavy atom. The molecule has 0 radical (unpaired) electrons. The summed E-state index contributed by atoms with van der Waals surface area (Å²) in [5.74, 6) is -2.00. The van der Waals surface area contributed by atoms with Gasteiger partial charge in [0.2, 0.25) is 17.7 Å². The first kappa shape index (κ1) is 32.8. The third-order valence-electron chi connectivity index (χ3n) is 7.30. The molecular weight excluding hydrogens is 649 g/mol. The number of fused-ring (bicyclic) bond motifs is 1. The van der Waals surface area contributed by atoms with Gasteiger partial charge in [-0.05, 0) is 60.9 Å². The van der Waals surface area contributed by atoms with Crippen molar-refractivity contribution in [3.8, 4) is 5.88 Å². The van der Waals surface area contributed by atoms with E-state index in [-0.39, 0.29) is 64.3 Å². The number of amides is 2. The van der Waals surface area contributed by atoms with E-state index in [0.29, 0.717) is 5.56 Å². The Kier molecular flexibility index (Phi) is 8.77. The minimum atomic E-state index is -4.64. The third kappa shape index (κ3) is 6.66. The number of pyridine rings is 1. The second kappa shape index (κ2) is 12.3. The van der Waals surface area contributed by atoms with Gasteiger partial charge in [-0.1, -0.05) is 17.7 Å². The van der Waals surface area contributed by atoms with Gasteiger partial charge in [0.15, 0.2) is 5.65 Å². The van der Waals surface area contributed by atoms with Gasteiger partial charge in [0.1, 0.15) is 29.8 Å². The molecule has 0 spiro atoms. The van der Waals surface area contributed by atoms with Crippen molar-refractivity contribution >= 4 is 51.9 Å². The minimum Gasteiger partial charge on any atom is -0.474 e. The van der Waals surface area contributed by atoms with Crippen LogP contribution in [0.4, 0.5) is 48.1 Å².